The minimum Gasteiger partial charge on any atom is -0.316 e. The molecule has 1 aliphatic carbocycles. The summed E-state index contributed by atoms with van der Waals surface area (Å²) in [6.45, 7) is 4.67. The molecule has 3 atom stereocenters. The van der Waals surface area contributed by atoms with E-state index in [2.05, 4.69) is 30.4 Å². The van der Waals surface area contributed by atoms with Crippen LogP contribution in [0.5, 0.6) is 0 Å². The molecular weight excluding hydrogens is 278 g/mol. The third-order valence-electron chi connectivity index (χ3n) is 6.05. The zero-order valence-corrected chi connectivity index (χ0v) is 14.0. The number of nitrogens with one attached hydrogen (secondary N) is 1. The van der Waals surface area contributed by atoms with Gasteiger partial charge in [0.1, 0.15) is 0 Å². The van der Waals surface area contributed by atoms with Crippen LogP contribution in [0.25, 0.3) is 0 Å². The molecule has 1 aromatic carbocycles. The Balaban J connectivity index is 1.86. The van der Waals surface area contributed by atoms with Crippen LogP contribution >= 0.6 is 11.6 Å². The van der Waals surface area contributed by atoms with Gasteiger partial charge >= 0.3 is 0 Å². The Labute approximate surface area is 134 Å². The molecule has 1 heterocycles. The van der Waals surface area contributed by atoms with Gasteiger partial charge in [-0.05, 0) is 61.3 Å². The largest absolute Gasteiger partial charge is 0.316 e. The fourth-order valence-corrected chi connectivity index (χ4v) is 4.88. The van der Waals surface area contributed by atoms with Crippen molar-refractivity contribution in [2.24, 2.45) is 11.3 Å². The smallest absolute Gasteiger partial charge is 0.0408 e. The van der Waals surface area contributed by atoms with Crippen molar-refractivity contribution in [1.29, 1.82) is 0 Å². The third kappa shape index (κ3) is 3.29. The van der Waals surface area contributed by atoms with E-state index in [1.165, 1.54) is 57.1 Å². The molecule has 2 heteroatoms. The number of halogens is 1. The molecule has 1 spiro atoms. The van der Waals surface area contributed by atoms with Crippen molar-refractivity contribution in [2.45, 2.75) is 57.8 Å². The molecule has 0 bridgehead atoms. The first-order chi connectivity index (χ1) is 10.2. The molecule has 116 valence electrons. The van der Waals surface area contributed by atoms with Crippen LogP contribution in [0, 0.1) is 11.3 Å². The van der Waals surface area contributed by atoms with Crippen LogP contribution in [-0.4, -0.2) is 13.1 Å². The van der Waals surface area contributed by atoms with Gasteiger partial charge < -0.3 is 5.32 Å². The van der Waals surface area contributed by atoms with E-state index in [1.54, 1.807) is 0 Å². The number of piperidine rings is 1. The zero-order chi connectivity index (χ0) is 14.7. The summed E-state index contributed by atoms with van der Waals surface area (Å²) in [6, 6.07) is 8.59. The van der Waals surface area contributed by atoms with Crippen molar-refractivity contribution in [3.63, 3.8) is 0 Å². The normalized spacial score (nSPS) is 33.8. The summed E-state index contributed by atoms with van der Waals surface area (Å²) < 4.78 is 0. The third-order valence-corrected chi connectivity index (χ3v) is 6.29. The van der Waals surface area contributed by atoms with Crippen LogP contribution in [0.1, 0.15) is 63.4 Å². The highest BCUT2D eigenvalue weighted by Gasteiger charge is 2.42. The van der Waals surface area contributed by atoms with Gasteiger partial charge in [0.25, 0.3) is 0 Å². The van der Waals surface area contributed by atoms with E-state index in [0.29, 0.717) is 11.3 Å². The fourth-order valence-electron chi connectivity index (χ4n) is 4.68. The van der Waals surface area contributed by atoms with Crippen LogP contribution in [0.3, 0.4) is 0 Å². The van der Waals surface area contributed by atoms with Crippen LogP contribution in [-0.2, 0) is 0 Å². The molecule has 3 rings (SSSR count). The molecule has 3 unspecified atom stereocenters. The molecule has 1 nitrogen and oxygen atoms in total. The van der Waals surface area contributed by atoms with Crippen LogP contribution in [0.15, 0.2) is 24.3 Å². The maximum Gasteiger partial charge on any atom is 0.0408 e. The Kier molecular flexibility index (Phi) is 4.91. The lowest BCUT2D eigenvalue weighted by atomic mass is 9.63. The fraction of sp³-hybridized carbons (Fsp3) is 0.684. The van der Waals surface area contributed by atoms with Crippen molar-refractivity contribution in [3.8, 4) is 0 Å². The van der Waals surface area contributed by atoms with Crippen molar-refractivity contribution >= 4 is 11.6 Å². The van der Waals surface area contributed by atoms with Crippen molar-refractivity contribution < 1.29 is 0 Å². The summed E-state index contributed by atoms with van der Waals surface area (Å²) >= 11 is 6.25. The summed E-state index contributed by atoms with van der Waals surface area (Å²) in [4.78, 5) is 0. The molecule has 1 aliphatic heterocycles. The average Bonchev–Trinajstić information content (AvgIpc) is 2.71. The topological polar surface area (TPSA) is 12.0 Å². The predicted molar refractivity (Wildman–Crippen MR) is 91.0 cm³/mol. The number of rotatable bonds is 2. The summed E-state index contributed by atoms with van der Waals surface area (Å²) in [7, 11) is 0. The van der Waals surface area contributed by atoms with Gasteiger partial charge in [0.2, 0.25) is 0 Å². The molecule has 21 heavy (non-hydrogen) atoms. The summed E-state index contributed by atoms with van der Waals surface area (Å²) in [5.74, 6) is 1.60. The van der Waals surface area contributed by atoms with Crippen molar-refractivity contribution in [1.82, 2.24) is 5.32 Å². The number of hydrogen-bond acceptors (Lipinski definition) is 1. The molecule has 1 N–H and O–H groups in total. The lowest BCUT2D eigenvalue weighted by molar-refractivity contribution is 0.134. The van der Waals surface area contributed by atoms with E-state index < -0.39 is 0 Å². The highest BCUT2D eigenvalue weighted by Crippen LogP contribution is 2.51. The highest BCUT2D eigenvalue weighted by molar-refractivity contribution is 6.30. The van der Waals surface area contributed by atoms with E-state index in [1.807, 2.05) is 6.07 Å². The van der Waals surface area contributed by atoms with Gasteiger partial charge in [0.15, 0.2) is 0 Å². The van der Waals surface area contributed by atoms with E-state index in [4.69, 9.17) is 11.6 Å². The Bertz CT molecular complexity index is 472. The molecule has 2 aliphatic rings. The first kappa shape index (κ1) is 15.4. The maximum atomic E-state index is 6.25. The van der Waals surface area contributed by atoms with Gasteiger partial charge in [0, 0.05) is 17.5 Å². The molecule has 0 amide bonds. The minimum atomic E-state index is 0.514. The molecule has 0 radical (unpaired) electrons. The van der Waals surface area contributed by atoms with E-state index in [-0.39, 0.29) is 0 Å². The molecule has 2 fully saturated rings. The molecule has 1 saturated heterocycles. The van der Waals surface area contributed by atoms with E-state index >= 15 is 0 Å². The van der Waals surface area contributed by atoms with Gasteiger partial charge in [-0.15, -0.1) is 0 Å². The maximum absolute atomic E-state index is 6.25. The summed E-state index contributed by atoms with van der Waals surface area (Å²) in [5, 5.41) is 4.51. The van der Waals surface area contributed by atoms with Gasteiger partial charge in [-0.25, -0.2) is 0 Å². The van der Waals surface area contributed by atoms with Crippen LogP contribution < -0.4 is 5.32 Å². The van der Waals surface area contributed by atoms with Gasteiger partial charge in [-0.1, -0.05) is 49.9 Å². The molecule has 1 aromatic rings. The Morgan fingerprint density at radius 1 is 1.24 bits per heavy atom. The highest BCUT2D eigenvalue weighted by atomic mass is 35.5. The molecular formula is C19H28ClN. The lowest BCUT2D eigenvalue weighted by Gasteiger charge is -2.45. The van der Waals surface area contributed by atoms with E-state index in [9.17, 15) is 0 Å². The van der Waals surface area contributed by atoms with Gasteiger partial charge in [-0.2, -0.15) is 0 Å². The number of benzene rings is 1. The van der Waals surface area contributed by atoms with Gasteiger partial charge in [-0.3, -0.25) is 0 Å². The second-order valence-corrected chi connectivity index (χ2v) is 7.57. The second kappa shape index (κ2) is 6.71. The van der Waals surface area contributed by atoms with E-state index in [0.717, 1.165) is 17.5 Å². The monoisotopic (exact) mass is 305 g/mol. The standard InChI is InChI=1S/C19H28ClN/c1-2-15-5-4-9-19(10-8-15)11-12-21-14-18(19)16-6-3-7-17(20)13-16/h3,6-7,13,15,18,21H,2,4-5,8-12,14H2,1H3. The number of hydrogen-bond donors (Lipinski definition) is 1. The van der Waals surface area contributed by atoms with Crippen molar-refractivity contribution in [3.05, 3.63) is 34.9 Å². The molecule has 0 aromatic heterocycles. The second-order valence-electron chi connectivity index (χ2n) is 7.13. The van der Waals surface area contributed by atoms with Gasteiger partial charge in [0.05, 0.1) is 0 Å². The zero-order valence-electron chi connectivity index (χ0n) is 13.2. The first-order valence-electron chi connectivity index (χ1n) is 8.70. The predicted octanol–water partition coefficient (Wildman–Crippen LogP) is 5.39. The van der Waals surface area contributed by atoms with Crippen LogP contribution in [0.4, 0.5) is 0 Å². The molecule has 1 saturated carbocycles. The lowest BCUT2D eigenvalue weighted by Crippen LogP contribution is -2.43. The summed E-state index contributed by atoms with van der Waals surface area (Å²) in [6.07, 6.45) is 9.78. The Hall–Kier alpha value is -0.530. The minimum absolute atomic E-state index is 0.514. The van der Waals surface area contributed by atoms with Crippen molar-refractivity contribution in [2.75, 3.05) is 13.1 Å². The first-order valence-corrected chi connectivity index (χ1v) is 9.07. The Morgan fingerprint density at radius 3 is 2.95 bits per heavy atom. The average molecular weight is 306 g/mol. The quantitative estimate of drug-likeness (QED) is 0.772. The Morgan fingerprint density at radius 2 is 2.14 bits per heavy atom. The van der Waals surface area contributed by atoms with Crippen LogP contribution in [0.2, 0.25) is 5.02 Å². The summed E-state index contributed by atoms with van der Waals surface area (Å²) in [5.41, 5.74) is 1.96. The SMILES string of the molecule is CCC1CCCC2(CCNCC2c2cccc(Cl)c2)CC1.